The zero-order valence-corrected chi connectivity index (χ0v) is 15.7. The Kier molecular flexibility index (Phi) is 4.57. The van der Waals surface area contributed by atoms with Crippen LogP contribution in [0.2, 0.25) is 0 Å². The Morgan fingerprint density at radius 3 is 2.83 bits per heavy atom. The zero-order chi connectivity index (χ0) is 19.6. The number of fused-ring (bicyclic) bond motifs is 1. The van der Waals surface area contributed by atoms with Crippen molar-refractivity contribution in [3.05, 3.63) is 83.8 Å². The van der Waals surface area contributed by atoms with Gasteiger partial charge < -0.3 is 0 Å². The van der Waals surface area contributed by atoms with Gasteiger partial charge in [-0.05, 0) is 24.3 Å². The van der Waals surface area contributed by atoms with Gasteiger partial charge in [0.2, 0.25) is 0 Å². The van der Waals surface area contributed by atoms with Gasteiger partial charge in [0.1, 0.15) is 5.82 Å². The van der Waals surface area contributed by atoms with E-state index in [9.17, 15) is 4.39 Å². The molecule has 1 aliphatic rings. The number of nitrogens with one attached hydrogen (secondary N) is 1. The second kappa shape index (κ2) is 7.52. The van der Waals surface area contributed by atoms with Gasteiger partial charge in [0.25, 0.3) is 0 Å². The predicted octanol–water partition coefficient (Wildman–Crippen LogP) is 3.63. The summed E-state index contributed by atoms with van der Waals surface area (Å²) in [4.78, 5) is 15.7. The number of aromatic amines is 1. The van der Waals surface area contributed by atoms with Crippen LogP contribution in [0.1, 0.15) is 16.8 Å². The van der Waals surface area contributed by atoms with Gasteiger partial charge in [-0.2, -0.15) is 5.10 Å². The fourth-order valence-electron chi connectivity index (χ4n) is 3.72. The number of pyridine rings is 1. The molecule has 4 heterocycles. The number of nitrogens with zero attached hydrogens (tertiary/aromatic N) is 5. The molecule has 1 aromatic carbocycles. The monoisotopic (exact) mass is 386 g/mol. The molecule has 0 fully saturated rings. The van der Waals surface area contributed by atoms with Gasteiger partial charge in [-0.3, -0.25) is 15.0 Å². The zero-order valence-electron chi connectivity index (χ0n) is 15.7. The lowest BCUT2D eigenvalue weighted by molar-refractivity contribution is 0.243. The van der Waals surface area contributed by atoms with Gasteiger partial charge in [0.15, 0.2) is 5.82 Å². The average Bonchev–Trinajstić information content (AvgIpc) is 3.22. The van der Waals surface area contributed by atoms with Crippen molar-refractivity contribution >= 4 is 0 Å². The van der Waals surface area contributed by atoms with E-state index in [1.54, 1.807) is 18.5 Å². The Balaban J connectivity index is 1.34. The summed E-state index contributed by atoms with van der Waals surface area (Å²) < 4.78 is 13.6. The van der Waals surface area contributed by atoms with E-state index in [1.807, 2.05) is 30.6 Å². The van der Waals surface area contributed by atoms with Crippen LogP contribution in [0.3, 0.4) is 0 Å². The third kappa shape index (κ3) is 3.64. The van der Waals surface area contributed by atoms with Crippen LogP contribution in [-0.4, -0.2) is 36.6 Å². The summed E-state index contributed by atoms with van der Waals surface area (Å²) in [5.41, 5.74) is 5.93. The number of benzene rings is 1. The van der Waals surface area contributed by atoms with Crippen molar-refractivity contribution < 1.29 is 4.39 Å². The van der Waals surface area contributed by atoms with E-state index in [-0.39, 0.29) is 5.82 Å². The molecule has 0 amide bonds. The van der Waals surface area contributed by atoms with E-state index in [0.717, 1.165) is 65.5 Å². The quantitative estimate of drug-likeness (QED) is 0.580. The minimum absolute atomic E-state index is 0.253. The largest absolute Gasteiger partial charge is 0.294 e. The third-order valence-corrected chi connectivity index (χ3v) is 5.18. The summed E-state index contributed by atoms with van der Waals surface area (Å²) >= 11 is 0. The minimum atomic E-state index is -0.253. The predicted molar refractivity (Wildman–Crippen MR) is 107 cm³/mol. The third-order valence-electron chi connectivity index (χ3n) is 5.18. The molecule has 0 unspecified atom stereocenters. The lowest BCUT2D eigenvalue weighted by atomic mass is 10.0. The highest BCUT2D eigenvalue weighted by atomic mass is 19.1. The maximum Gasteiger partial charge on any atom is 0.159 e. The number of hydrogen-bond donors (Lipinski definition) is 1. The Morgan fingerprint density at radius 1 is 1.07 bits per heavy atom. The number of H-pyrrole nitrogens is 1. The van der Waals surface area contributed by atoms with Crippen molar-refractivity contribution in [2.45, 2.75) is 19.5 Å². The van der Waals surface area contributed by atoms with Crippen LogP contribution in [-0.2, 0) is 19.5 Å². The fraction of sp³-hybridized carbons (Fsp3) is 0.182. The molecular weight excluding hydrogens is 367 g/mol. The second-order valence-electron chi connectivity index (χ2n) is 7.14. The molecule has 4 aromatic rings. The van der Waals surface area contributed by atoms with Gasteiger partial charge in [-0.15, -0.1) is 0 Å². The van der Waals surface area contributed by atoms with E-state index in [4.69, 9.17) is 4.98 Å². The molecule has 29 heavy (non-hydrogen) atoms. The standard InChI is InChI=1S/C22H19FN6/c23-19-3-1-2-16(10-19)21-18(12-26-28-21)14-29-9-6-20-17(13-29)11-25-22(27-20)15-4-7-24-8-5-15/h1-5,7-8,10-12H,6,9,13-14H2,(H,26,28). The molecule has 0 aliphatic carbocycles. The SMILES string of the molecule is Fc1cccc(-c2[nH]ncc2CN2CCc3nc(-c4ccncc4)ncc3C2)c1. The van der Waals surface area contributed by atoms with E-state index >= 15 is 0 Å². The summed E-state index contributed by atoms with van der Waals surface area (Å²) in [6, 6.07) is 10.4. The van der Waals surface area contributed by atoms with Gasteiger partial charge in [-0.1, -0.05) is 12.1 Å². The number of hydrogen-bond acceptors (Lipinski definition) is 5. The molecule has 5 rings (SSSR count). The first kappa shape index (κ1) is 17.6. The summed E-state index contributed by atoms with van der Waals surface area (Å²) in [7, 11) is 0. The maximum absolute atomic E-state index is 13.6. The lowest BCUT2D eigenvalue weighted by Gasteiger charge is -2.28. The minimum Gasteiger partial charge on any atom is -0.294 e. The normalized spacial score (nSPS) is 14.0. The number of aromatic nitrogens is 5. The number of rotatable bonds is 4. The van der Waals surface area contributed by atoms with Crippen molar-refractivity contribution in [1.29, 1.82) is 0 Å². The first-order chi connectivity index (χ1) is 14.3. The Bertz CT molecular complexity index is 1140. The van der Waals surface area contributed by atoms with Crippen molar-refractivity contribution in [1.82, 2.24) is 30.0 Å². The Labute approximate surface area is 167 Å². The first-order valence-corrected chi connectivity index (χ1v) is 9.52. The molecule has 0 spiro atoms. The summed E-state index contributed by atoms with van der Waals surface area (Å²) in [6.07, 6.45) is 8.11. The highest BCUT2D eigenvalue weighted by Gasteiger charge is 2.20. The van der Waals surface area contributed by atoms with E-state index in [1.165, 1.54) is 12.1 Å². The average molecular weight is 386 g/mol. The van der Waals surface area contributed by atoms with Crippen LogP contribution in [0.5, 0.6) is 0 Å². The van der Waals surface area contributed by atoms with E-state index in [2.05, 4.69) is 25.1 Å². The van der Waals surface area contributed by atoms with Gasteiger partial charge >= 0.3 is 0 Å². The summed E-state index contributed by atoms with van der Waals surface area (Å²) in [5.74, 6) is 0.486. The number of halogens is 1. The van der Waals surface area contributed by atoms with Crippen LogP contribution in [0.4, 0.5) is 4.39 Å². The molecule has 0 radical (unpaired) electrons. The molecule has 7 heteroatoms. The van der Waals surface area contributed by atoms with Crippen LogP contribution < -0.4 is 0 Å². The Morgan fingerprint density at radius 2 is 1.97 bits per heavy atom. The van der Waals surface area contributed by atoms with Crippen molar-refractivity contribution in [3.8, 4) is 22.6 Å². The maximum atomic E-state index is 13.6. The Hall–Kier alpha value is -3.45. The second-order valence-corrected chi connectivity index (χ2v) is 7.14. The molecule has 144 valence electrons. The van der Waals surface area contributed by atoms with Crippen LogP contribution in [0.25, 0.3) is 22.6 Å². The molecule has 0 bridgehead atoms. The molecule has 3 aromatic heterocycles. The molecule has 0 atom stereocenters. The molecular formula is C22H19FN6. The molecule has 1 N–H and O–H groups in total. The van der Waals surface area contributed by atoms with Gasteiger partial charge in [-0.25, -0.2) is 14.4 Å². The molecule has 6 nitrogen and oxygen atoms in total. The van der Waals surface area contributed by atoms with Gasteiger partial charge in [0.05, 0.1) is 17.6 Å². The topological polar surface area (TPSA) is 70.6 Å². The highest BCUT2D eigenvalue weighted by Crippen LogP contribution is 2.26. The van der Waals surface area contributed by atoms with Crippen molar-refractivity contribution in [3.63, 3.8) is 0 Å². The first-order valence-electron chi connectivity index (χ1n) is 9.52. The summed E-state index contributed by atoms with van der Waals surface area (Å²) in [6.45, 7) is 2.40. The van der Waals surface area contributed by atoms with Crippen LogP contribution in [0.15, 0.2) is 61.2 Å². The van der Waals surface area contributed by atoms with Crippen LogP contribution >= 0.6 is 0 Å². The molecule has 0 saturated carbocycles. The lowest BCUT2D eigenvalue weighted by Crippen LogP contribution is -2.31. The van der Waals surface area contributed by atoms with Crippen molar-refractivity contribution in [2.75, 3.05) is 6.54 Å². The van der Waals surface area contributed by atoms with Gasteiger partial charge in [0, 0.05) is 66.9 Å². The fourth-order valence-corrected chi connectivity index (χ4v) is 3.72. The van der Waals surface area contributed by atoms with E-state index < -0.39 is 0 Å². The van der Waals surface area contributed by atoms with E-state index in [0.29, 0.717) is 0 Å². The summed E-state index contributed by atoms with van der Waals surface area (Å²) in [5, 5.41) is 7.19. The smallest absolute Gasteiger partial charge is 0.159 e. The highest BCUT2D eigenvalue weighted by molar-refractivity contribution is 5.62. The molecule has 0 saturated heterocycles. The molecule has 1 aliphatic heterocycles. The van der Waals surface area contributed by atoms with Crippen LogP contribution in [0, 0.1) is 5.82 Å². The van der Waals surface area contributed by atoms with Crippen molar-refractivity contribution in [2.24, 2.45) is 0 Å².